The van der Waals surface area contributed by atoms with Gasteiger partial charge in [0.1, 0.15) is 0 Å². The van der Waals surface area contributed by atoms with Gasteiger partial charge in [-0.3, -0.25) is 0 Å². The fraction of sp³-hybridized carbons (Fsp3) is 0.333. The second-order valence-corrected chi connectivity index (χ2v) is 4.28. The summed E-state index contributed by atoms with van der Waals surface area (Å²) in [7, 11) is 0. The largest absolute Gasteiger partial charge is 0.330 e. The van der Waals surface area contributed by atoms with Gasteiger partial charge in [0.05, 0.1) is 0 Å². The van der Waals surface area contributed by atoms with E-state index in [9.17, 15) is 0 Å². The summed E-state index contributed by atoms with van der Waals surface area (Å²) >= 11 is 8.27. The number of aryl methyl sites for hydroxylation is 1. The molecule has 0 amide bonds. The number of hydrogen-bond acceptors (Lipinski definition) is 1. The minimum Gasteiger partial charge on any atom is -0.330 e. The first-order valence-electron chi connectivity index (χ1n) is 3.88. The molecule has 1 nitrogen and oxygen atoms in total. The third-order valence-corrected chi connectivity index (χ3v) is 2.70. The van der Waals surface area contributed by atoms with Crippen LogP contribution in [0.4, 0.5) is 0 Å². The SMILES string of the molecule is NCCCc1cc(I)ccc1Cl. The maximum atomic E-state index is 5.99. The van der Waals surface area contributed by atoms with E-state index in [0.29, 0.717) is 0 Å². The van der Waals surface area contributed by atoms with Gasteiger partial charge >= 0.3 is 0 Å². The van der Waals surface area contributed by atoms with Crippen molar-refractivity contribution >= 4 is 34.2 Å². The zero-order chi connectivity index (χ0) is 8.97. The molecule has 0 aromatic heterocycles. The summed E-state index contributed by atoms with van der Waals surface area (Å²) in [6.07, 6.45) is 1.98. The molecule has 1 aromatic carbocycles. The summed E-state index contributed by atoms with van der Waals surface area (Å²) in [6, 6.07) is 6.06. The monoisotopic (exact) mass is 295 g/mol. The molecule has 12 heavy (non-hydrogen) atoms. The summed E-state index contributed by atoms with van der Waals surface area (Å²) in [4.78, 5) is 0. The van der Waals surface area contributed by atoms with E-state index in [1.54, 1.807) is 0 Å². The zero-order valence-corrected chi connectivity index (χ0v) is 9.60. The van der Waals surface area contributed by atoms with E-state index in [1.165, 1.54) is 9.13 Å². The van der Waals surface area contributed by atoms with Crippen molar-refractivity contribution in [3.05, 3.63) is 32.4 Å². The fourth-order valence-corrected chi connectivity index (χ4v) is 1.80. The average molecular weight is 296 g/mol. The molecular weight excluding hydrogens is 284 g/mol. The highest BCUT2D eigenvalue weighted by Gasteiger charge is 1.99. The third kappa shape index (κ3) is 2.92. The van der Waals surface area contributed by atoms with Gasteiger partial charge < -0.3 is 5.73 Å². The van der Waals surface area contributed by atoms with Gasteiger partial charge in [-0.05, 0) is 65.7 Å². The van der Waals surface area contributed by atoms with E-state index in [2.05, 4.69) is 28.7 Å². The maximum Gasteiger partial charge on any atom is 0.0438 e. The topological polar surface area (TPSA) is 26.0 Å². The Morgan fingerprint density at radius 1 is 1.42 bits per heavy atom. The number of halogens is 2. The van der Waals surface area contributed by atoms with E-state index in [1.807, 2.05) is 12.1 Å². The second kappa shape index (κ2) is 5.04. The van der Waals surface area contributed by atoms with E-state index in [-0.39, 0.29) is 0 Å². The molecule has 3 heteroatoms. The molecule has 1 rings (SSSR count). The average Bonchev–Trinajstić information content (AvgIpc) is 2.07. The van der Waals surface area contributed by atoms with Crippen molar-refractivity contribution in [2.75, 3.05) is 6.54 Å². The minimum absolute atomic E-state index is 0.724. The lowest BCUT2D eigenvalue weighted by molar-refractivity contribution is 0.832. The molecule has 0 unspecified atom stereocenters. The molecule has 0 atom stereocenters. The Balaban J connectivity index is 2.75. The van der Waals surface area contributed by atoms with Crippen molar-refractivity contribution in [2.24, 2.45) is 5.73 Å². The smallest absolute Gasteiger partial charge is 0.0438 e. The number of rotatable bonds is 3. The van der Waals surface area contributed by atoms with Crippen molar-refractivity contribution in [3.8, 4) is 0 Å². The fourth-order valence-electron chi connectivity index (χ4n) is 1.03. The maximum absolute atomic E-state index is 5.99. The molecule has 0 saturated heterocycles. The molecule has 0 aliphatic rings. The van der Waals surface area contributed by atoms with Crippen LogP contribution in [0.5, 0.6) is 0 Å². The molecule has 0 heterocycles. The van der Waals surface area contributed by atoms with Gasteiger partial charge in [-0.25, -0.2) is 0 Å². The molecule has 0 bridgehead atoms. The molecule has 0 saturated carbocycles. The van der Waals surface area contributed by atoms with Crippen molar-refractivity contribution in [2.45, 2.75) is 12.8 Å². The van der Waals surface area contributed by atoms with E-state index >= 15 is 0 Å². The molecule has 2 N–H and O–H groups in total. The Kier molecular flexibility index (Phi) is 4.32. The number of benzene rings is 1. The number of hydrogen-bond donors (Lipinski definition) is 1. The van der Waals surface area contributed by atoms with Gasteiger partial charge in [-0.2, -0.15) is 0 Å². The number of nitrogens with two attached hydrogens (primary N) is 1. The van der Waals surface area contributed by atoms with Crippen LogP contribution in [0.2, 0.25) is 5.02 Å². The van der Waals surface area contributed by atoms with Gasteiger partial charge in [0.25, 0.3) is 0 Å². The predicted molar refractivity (Wildman–Crippen MR) is 61.5 cm³/mol. The predicted octanol–water partition coefficient (Wildman–Crippen LogP) is 2.84. The molecule has 0 fully saturated rings. The Morgan fingerprint density at radius 2 is 2.17 bits per heavy atom. The van der Waals surface area contributed by atoms with Crippen LogP contribution < -0.4 is 5.73 Å². The van der Waals surface area contributed by atoms with E-state index in [4.69, 9.17) is 17.3 Å². The van der Waals surface area contributed by atoms with Crippen molar-refractivity contribution in [3.63, 3.8) is 0 Å². The zero-order valence-electron chi connectivity index (χ0n) is 6.69. The summed E-state index contributed by atoms with van der Waals surface area (Å²) < 4.78 is 1.23. The van der Waals surface area contributed by atoms with Crippen LogP contribution in [0.25, 0.3) is 0 Å². The molecule has 66 valence electrons. The van der Waals surface area contributed by atoms with Crippen LogP contribution in [0.1, 0.15) is 12.0 Å². The molecule has 0 spiro atoms. The Bertz CT molecular complexity index is 263. The highest BCUT2D eigenvalue weighted by molar-refractivity contribution is 14.1. The lowest BCUT2D eigenvalue weighted by Gasteiger charge is -2.03. The van der Waals surface area contributed by atoms with Crippen LogP contribution in [0.3, 0.4) is 0 Å². The molecular formula is C9H11ClIN. The van der Waals surface area contributed by atoms with Crippen LogP contribution in [0.15, 0.2) is 18.2 Å². The summed E-state index contributed by atoms with van der Waals surface area (Å²) in [5, 5.41) is 0.851. The van der Waals surface area contributed by atoms with Gasteiger partial charge in [-0.15, -0.1) is 0 Å². The van der Waals surface area contributed by atoms with Crippen molar-refractivity contribution < 1.29 is 0 Å². The van der Waals surface area contributed by atoms with Crippen LogP contribution in [-0.4, -0.2) is 6.54 Å². The first-order chi connectivity index (χ1) is 5.74. The lowest BCUT2D eigenvalue weighted by atomic mass is 10.1. The van der Waals surface area contributed by atoms with Crippen LogP contribution in [0, 0.1) is 3.57 Å². The first kappa shape index (κ1) is 10.3. The highest BCUT2D eigenvalue weighted by Crippen LogP contribution is 2.19. The normalized spacial score (nSPS) is 10.2. The highest BCUT2D eigenvalue weighted by atomic mass is 127. The quantitative estimate of drug-likeness (QED) is 0.853. The Hall–Kier alpha value is 0.200. The van der Waals surface area contributed by atoms with Gasteiger partial charge in [0.2, 0.25) is 0 Å². The molecule has 1 aromatic rings. The molecule has 0 aliphatic heterocycles. The van der Waals surface area contributed by atoms with Gasteiger partial charge in [0.15, 0.2) is 0 Å². The van der Waals surface area contributed by atoms with Gasteiger partial charge in [-0.1, -0.05) is 11.6 Å². The summed E-state index contributed by atoms with van der Waals surface area (Å²) in [6.45, 7) is 0.724. The third-order valence-electron chi connectivity index (χ3n) is 1.66. The standard InChI is InChI=1S/C9H11ClIN/c10-9-4-3-8(11)6-7(9)2-1-5-12/h3-4,6H,1-2,5,12H2. The van der Waals surface area contributed by atoms with Crippen LogP contribution >= 0.6 is 34.2 Å². The lowest BCUT2D eigenvalue weighted by Crippen LogP contribution is -2.00. The molecule has 0 aliphatic carbocycles. The second-order valence-electron chi connectivity index (χ2n) is 2.63. The molecule has 0 radical (unpaired) electrons. The summed E-state index contributed by atoms with van der Waals surface area (Å²) in [5.41, 5.74) is 6.62. The van der Waals surface area contributed by atoms with Crippen LogP contribution in [-0.2, 0) is 6.42 Å². The Labute approximate surface area is 91.4 Å². The minimum atomic E-state index is 0.724. The van der Waals surface area contributed by atoms with E-state index in [0.717, 1.165) is 24.4 Å². The van der Waals surface area contributed by atoms with Crippen molar-refractivity contribution in [1.29, 1.82) is 0 Å². The van der Waals surface area contributed by atoms with E-state index < -0.39 is 0 Å². The van der Waals surface area contributed by atoms with Crippen molar-refractivity contribution in [1.82, 2.24) is 0 Å². The Morgan fingerprint density at radius 3 is 2.83 bits per heavy atom. The summed E-state index contributed by atoms with van der Waals surface area (Å²) in [5.74, 6) is 0. The first-order valence-corrected chi connectivity index (χ1v) is 5.33. The van der Waals surface area contributed by atoms with Gasteiger partial charge in [0, 0.05) is 8.59 Å².